The molecule has 0 aliphatic rings. The highest BCUT2D eigenvalue weighted by atomic mass is 32.2. The van der Waals surface area contributed by atoms with Crippen LogP contribution in [-0.2, 0) is 16.6 Å². The Labute approximate surface area is 114 Å². The van der Waals surface area contributed by atoms with Crippen molar-refractivity contribution in [2.45, 2.75) is 26.4 Å². The summed E-state index contributed by atoms with van der Waals surface area (Å²) in [6.45, 7) is 4.00. The normalized spacial score (nSPS) is 12.0. The molecule has 0 amide bonds. The Morgan fingerprint density at radius 1 is 1.33 bits per heavy atom. The van der Waals surface area contributed by atoms with Gasteiger partial charge in [0.05, 0.1) is 4.99 Å². The van der Waals surface area contributed by atoms with Crippen molar-refractivity contribution < 1.29 is 8.42 Å². The zero-order chi connectivity index (χ0) is 13.8. The van der Waals surface area contributed by atoms with Crippen LogP contribution in [0.2, 0.25) is 0 Å². The molecule has 0 saturated heterocycles. The number of rotatable bonds is 6. The predicted octanol–water partition coefficient (Wildman–Crippen LogP) is 1.51. The maximum Gasteiger partial charge on any atom is 0.221 e. The van der Waals surface area contributed by atoms with E-state index in [-0.39, 0.29) is 16.8 Å². The Hall–Kier alpha value is -0.980. The van der Waals surface area contributed by atoms with Crippen LogP contribution in [-0.4, -0.2) is 29.5 Å². The van der Waals surface area contributed by atoms with Crippen molar-refractivity contribution in [1.82, 2.24) is 4.31 Å². The Balaban J connectivity index is 2.94. The molecule has 0 aromatic heterocycles. The second-order valence-corrected chi connectivity index (χ2v) is 6.79. The van der Waals surface area contributed by atoms with Crippen molar-refractivity contribution in [3.05, 3.63) is 35.9 Å². The quantitative estimate of drug-likeness (QED) is 0.805. The van der Waals surface area contributed by atoms with Gasteiger partial charge in [-0.1, -0.05) is 42.5 Å². The summed E-state index contributed by atoms with van der Waals surface area (Å²) in [6.07, 6.45) is 0. The molecule has 0 bridgehead atoms. The van der Waals surface area contributed by atoms with E-state index in [1.807, 2.05) is 44.2 Å². The Morgan fingerprint density at radius 3 is 2.33 bits per heavy atom. The van der Waals surface area contributed by atoms with Gasteiger partial charge in [0.1, 0.15) is 5.75 Å². The third-order valence-corrected chi connectivity index (χ3v) is 4.71. The van der Waals surface area contributed by atoms with Crippen LogP contribution in [0.3, 0.4) is 0 Å². The predicted molar refractivity (Wildman–Crippen MR) is 77.7 cm³/mol. The fraction of sp³-hybridized carbons (Fsp3) is 0.417. The van der Waals surface area contributed by atoms with Crippen molar-refractivity contribution >= 4 is 27.2 Å². The minimum atomic E-state index is -3.45. The average molecular weight is 286 g/mol. The van der Waals surface area contributed by atoms with Crippen LogP contribution in [0, 0.1) is 0 Å². The van der Waals surface area contributed by atoms with Gasteiger partial charge in [0.25, 0.3) is 0 Å². The van der Waals surface area contributed by atoms with Crippen LogP contribution >= 0.6 is 12.2 Å². The number of hydrogen-bond acceptors (Lipinski definition) is 3. The maximum absolute atomic E-state index is 12.1. The van der Waals surface area contributed by atoms with Gasteiger partial charge in [0.15, 0.2) is 0 Å². The minimum absolute atomic E-state index is 0.00582. The Morgan fingerprint density at radius 2 is 1.89 bits per heavy atom. The zero-order valence-corrected chi connectivity index (χ0v) is 12.2. The van der Waals surface area contributed by atoms with E-state index in [4.69, 9.17) is 5.73 Å². The molecule has 0 saturated carbocycles. The largest absolute Gasteiger partial charge is 0.392 e. The molecule has 4 nitrogen and oxygen atoms in total. The van der Waals surface area contributed by atoms with Crippen molar-refractivity contribution in [3.8, 4) is 0 Å². The molecule has 0 atom stereocenters. The van der Waals surface area contributed by atoms with Crippen molar-refractivity contribution in [2.75, 3.05) is 5.75 Å². The van der Waals surface area contributed by atoms with E-state index in [9.17, 15) is 8.42 Å². The van der Waals surface area contributed by atoms with Gasteiger partial charge in [-0.25, -0.2) is 8.42 Å². The molecule has 1 rings (SSSR count). The molecule has 6 heteroatoms. The van der Waals surface area contributed by atoms with Gasteiger partial charge in [-0.2, -0.15) is 4.31 Å². The number of hydrogen-bond donors (Lipinski definition) is 1. The number of sulfonamides is 1. The number of nitrogens with zero attached hydrogens (tertiary/aromatic N) is 1. The molecule has 0 spiro atoms. The van der Waals surface area contributed by atoms with Crippen LogP contribution in [0.1, 0.15) is 19.4 Å². The van der Waals surface area contributed by atoms with Crippen LogP contribution < -0.4 is 5.73 Å². The highest BCUT2D eigenvalue weighted by molar-refractivity contribution is 7.92. The molecular weight excluding hydrogens is 268 g/mol. The lowest BCUT2D eigenvalue weighted by Gasteiger charge is -2.25. The highest BCUT2D eigenvalue weighted by Gasteiger charge is 2.25. The summed E-state index contributed by atoms with van der Waals surface area (Å²) in [5, 5.41) is 0. The number of benzene rings is 1. The lowest BCUT2D eigenvalue weighted by molar-refractivity contribution is 0.350. The smallest absolute Gasteiger partial charge is 0.221 e. The van der Waals surface area contributed by atoms with Gasteiger partial charge in [-0.3, -0.25) is 0 Å². The second kappa shape index (κ2) is 6.26. The van der Waals surface area contributed by atoms with Gasteiger partial charge < -0.3 is 5.73 Å². The van der Waals surface area contributed by atoms with E-state index in [2.05, 4.69) is 12.2 Å². The third-order valence-electron chi connectivity index (χ3n) is 2.44. The molecule has 0 radical (unpaired) electrons. The summed E-state index contributed by atoms with van der Waals surface area (Å²) in [5.74, 6) is -0.284. The Bertz CT molecular complexity index is 498. The SMILES string of the molecule is CC(C)N(Cc1ccccc1)S(=O)(=O)CC(N)=S. The topological polar surface area (TPSA) is 63.4 Å². The molecule has 0 fully saturated rings. The van der Waals surface area contributed by atoms with Crippen molar-refractivity contribution in [1.29, 1.82) is 0 Å². The van der Waals surface area contributed by atoms with Gasteiger partial charge in [-0.15, -0.1) is 0 Å². The lowest BCUT2D eigenvalue weighted by Crippen LogP contribution is -2.40. The average Bonchev–Trinajstić information content (AvgIpc) is 2.25. The fourth-order valence-corrected chi connectivity index (χ4v) is 3.59. The highest BCUT2D eigenvalue weighted by Crippen LogP contribution is 2.13. The van der Waals surface area contributed by atoms with E-state index in [1.165, 1.54) is 4.31 Å². The van der Waals surface area contributed by atoms with Crippen LogP contribution in [0.5, 0.6) is 0 Å². The maximum atomic E-state index is 12.1. The van der Waals surface area contributed by atoms with E-state index in [1.54, 1.807) is 0 Å². The molecular formula is C12H18N2O2S2. The third kappa shape index (κ3) is 4.36. The fourth-order valence-electron chi connectivity index (χ4n) is 1.63. The van der Waals surface area contributed by atoms with E-state index in [0.717, 1.165) is 5.56 Å². The van der Waals surface area contributed by atoms with Gasteiger partial charge in [0, 0.05) is 12.6 Å². The first-order valence-electron chi connectivity index (χ1n) is 5.64. The first kappa shape index (κ1) is 15.1. The Kier molecular flexibility index (Phi) is 5.25. The number of nitrogens with two attached hydrogens (primary N) is 1. The molecule has 0 aliphatic carbocycles. The molecule has 0 unspecified atom stereocenters. The van der Waals surface area contributed by atoms with E-state index >= 15 is 0 Å². The van der Waals surface area contributed by atoms with Crippen LogP contribution in [0.25, 0.3) is 0 Å². The summed E-state index contributed by atoms with van der Waals surface area (Å²) in [5.41, 5.74) is 6.28. The van der Waals surface area contributed by atoms with E-state index in [0.29, 0.717) is 6.54 Å². The van der Waals surface area contributed by atoms with Crippen LogP contribution in [0.15, 0.2) is 30.3 Å². The molecule has 0 heterocycles. The lowest BCUT2D eigenvalue weighted by atomic mass is 10.2. The molecule has 100 valence electrons. The van der Waals surface area contributed by atoms with Crippen LogP contribution in [0.4, 0.5) is 0 Å². The van der Waals surface area contributed by atoms with Gasteiger partial charge >= 0.3 is 0 Å². The first-order chi connectivity index (χ1) is 8.33. The summed E-state index contributed by atoms with van der Waals surface area (Å²) in [6, 6.07) is 9.32. The number of thiocarbonyl (C=S) groups is 1. The standard InChI is InChI=1S/C12H18N2O2S2/c1-10(2)14(18(15,16)9-12(13)17)8-11-6-4-3-5-7-11/h3-7,10H,8-9H2,1-2H3,(H2,13,17). The van der Waals surface area contributed by atoms with Gasteiger partial charge in [-0.05, 0) is 19.4 Å². The molecule has 1 aromatic rings. The zero-order valence-electron chi connectivity index (χ0n) is 10.5. The van der Waals surface area contributed by atoms with Crippen molar-refractivity contribution in [3.63, 3.8) is 0 Å². The first-order valence-corrected chi connectivity index (χ1v) is 7.66. The molecule has 1 aromatic carbocycles. The summed E-state index contributed by atoms with van der Waals surface area (Å²) in [4.78, 5) is -0.00582. The minimum Gasteiger partial charge on any atom is -0.392 e. The summed E-state index contributed by atoms with van der Waals surface area (Å²) in [7, 11) is -3.45. The summed E-state index contributed by atoms with van der Waals surface area (Å²) < 4.78 is 25.7. The van der Waals surface area contributed by atoms with E-state index < -0.39 is 10.0 Å². The molecule has 18 heavy (non-hydrogen) atoms. The van der Waals surface area contributed by atoms with Gasteiger partial charge in [0.2, 0.25) is 10.0 Å². The monoisotopic (exact) mass is 286 g/mol. The second-order valence-electron chi connectivity index (χ2n) is 4.35. The summed E-state index contributed by atoms with van der Waals surface area (Å²) >= 11 is 4.69. The molecule has 2 N–H and O–H groups in total. The van der Waals surface area contributed by atoms with Crippen molar-refractivity contribution in [2.24, 2.45) is 5.73 Å². The molecule has 0 aliphatic heterocycles.